The first kappa shape index (κ1) is 27.2. The van der Waals surface area contributed by atoms with E-state index in [1.807, 2.05) is 83.1 Å². The summed E-state index contributed by atoms with van der Waals surface area (Å²) in [7, 11) is 0. The van der Waals surface area contributed by atoms with Crippen molar-refractivity contribution >= 4 is 11.8 Å². The van der Waals surface area contributed by atoms with Gasteiger partial charge in [0, 0.05) is 18.5 Å². The van der Waals surface area contributed by atoms with Crippen molar-refractivity contribution in [3.8, 4) is 11.5 Å². The molecule has 0 spiro atoms. The molecule has 0 unspecified atom stereocenters. The molecule has 6 heteroatoms. The first-order chi connectivity index (χ1) is 16.1. The topological polar surface area (TPSA) is 67.9 Å². The number of ether oxygens (including phenoxy) is 2. The predicted octanol–water partition coefficient (Wildman–Crippen LogP) is 4.79. The highest BCUT2D eigenvalue weighted by molar-refractivity contribution is 5.87. The summed E-state index contributed by atoms with van der Waals surface area (Å²) in [4.78, 5) is 27.9. The molecule has 0 saturated heterocycles. The molecule has 2 aromatic carbocycles. The lowest BCUT2D eigenvalue weighted by molar-refractivity contribution is -0.140. The van der Waals surface area contributed by atoms with E-state index >= 15 is 0 Å². The second-order valence-electron chi connectivity index (χ2n) is 9.39. The first-order valence-electron chi connectivity index (χ1n) is 12.2. The number of rotatable bonds is 12. The van der Waals surface area contributed by atoms with Crippen LogP contribution in [0.2, 0.25) is 0 Å². The minimum atomic E-state index is -0.560. The number of aryl methyl sites for hydroxylation is 1. The third kappa shape index (κ3) is 8.73. The van der Waals surface area contributed by atoms with Crippen molar-refractivity contribution in [2.75, 3.05) is 19.8 Å². The van der Waals surface area contributed by atoms with Gasteiger partial charge in [-0.15, -0.1) is 0 Å². The quantitative estimate of drug-likeness (QED) is 0.486. The van der Waals surface area contributed by atoms with Crippen LogP contribution in [0, 0.1) is 0 Å². The van der Waals surface area contributed by atoms with Crippen LogP contribution in [0.5, 0.6) is 11.5 Å². The summed E-state index contributed by atoms with van der Waals surface area (Å²) >= 11 is 0. The Morgan fingerprint density at radius 2 is 1.56 bits per heavy atom. The van der Waals surface area contributed by atoms with E-state index in [0.29, 0.717) is 50.5 Å². The molecule has 1 N–H and O–H groups in total. The maximum atomic E-state index is 13.3. The number of carbonyl (C=O) groups excluding carboxylic acids is 2. The Hall–Kier alpha value is -3.02. The number of hydrogen-bond donors (Lipinski definition) is 1. The Morgan fingerprint density at radius 3 is 2.18 bits per heavy atom. The Morgan fingerprint density at radius 1 is 0.912 bits per heavy atom. The van der Waals surface area contributed by atoms with E-state index in [-0.39, 0.29) is 17.4 Å². The molecule has 34 heavy (non-hydrogen) atoms. The van der Waals surface area contributed by atoms with Crippen LogP contribution >= 0.6 is 0 Å². The van der Waals surface area contributed by atoms with Gasteiger partial charge in [-0.05, 0) is 77.6 Å². The lowest BCUT2D eigenvalue weighted by Crippen LogP contribution is -2.53. The van der Waals surface area contributed by atoms with E-state index in [9.17, 15) is 9.59 Å². The fourth-order valence-corrected chi connectivity index (χ4v) is 3.69. The molecule has 0 bridgehead atoms. The maximum Gasteiger partial charge on any atom is 0.242 e. The fourth-order valence-electron chi connectivity index (χ4n) is 3.69. The van der Waals surface area contributed by atoms with E-state index < -0.39 is 6.04 Å². The van der Waals surface area contributed by atoms with Crippen LogP contribution in [0.3, 0.4) is 0 Å². The van der Waals surface area contributed by atoms with Crippen LogP contribution < -0.4 is 14.8 Å². The van der Waals surface area contributed by atoms with Gasteiger partial charge in [-0.2, -0.15) is 0 Å². The van der Waals surface area contributed by atoms with Gasteiger partial charge in [-0.3, -0.25) is 9.59 Å². The molecule has 0 aliphatic heterocycles. The van der Waals surface area contributed by atoms with Crippen molar-refractivity contribution in [2.24, 2.45) is 0 Å². The van der Waals surface area contributed by atoms with Gasteiger partial charge in [-0.25, -0.2) is 0 Å². The molecule has 0 aliphatic carbocycles. The van der Waals surface area contributed by atoms with Gasteiger partial charge in [0.25, 0.3) is 0 Å². The van der Waals surface area contributed by atoms with Crippen LogP contribution in [-0.4, -0.2) is 48.1 Å². The molecule has 6 nitrogen and oxygen atoms in total. The van der Waals surface area contributed by atoms with E-state index in [4.69, 9.17) is 9.47 Å². The van der Waals surface area contributed by atoms with Crippen molar-refractivity contribution < 1.29 is 19.1 Å². The molecule has 0 radical (unpaired) electrons. The van der Waals surface area contributed by atoms with Gasteiger partial charge in [-0.1, -0.05) is 36.4 Å². The minimum absolute atomic E-state index is 0.0423. The van der Waals surface area contributed by atoms with Gasteiger partial charge in [0.15, 0.2) is 11.5 Å². The summed E-state index contributed by atoms with van der Waals surface area (Å²) in [6.45, 7) is 13.1. The van der Waals surface area contributed by atoms with E-state index in [0.717, 1.165) is 11.1 Å². The summed E-state index contributed by atoms with van der Waals surface area (Å²) in [6, 6.07) is 15.2. The number of nitrogens with zero attached hydrogens (tertiary/aromatic N) is 1. The highest BCUT2D eigenvalue weighted by atomic mass is 16.5. The number of carbonyl (C=O) groups is 2. The Kier molecular flexibility index (Phi) is 10.4. The SMILES string of the molecule is CCOc1ccc(CCC(=O)N(CCc2ccccc2)[C@H](C)C(=O)NC(C)(C)C)cc1OCC. The van der Waals surface area contributed by atoms with Crippen LogP contribution in [0.15, 0.2) is 48.5 Å². The average molecular weight is 469 g/mol. The van der Waals surface area contributed by atoms with Crippen molar-refractivity contribution in [2.45, 2.75) is 72.4 Å². The number of benzene rings is 2. The molecular formula is C28H40N2O4. The maximum absolute atomic E-state index is 13.3. The number of nitrogens with one attached hydrogen (secondary N) is 1. The average Bonchev–Trinajstić information content (AvgIpc) is 2.79. The van der Waals surface area contributed by atoms with Gasteiger partial charge in [0.2, 0.25) is 11.8 Å². The third-order valence-electron chi connectivity index (χ3n) is 5.39. The zero-order valence-electron chi connectivity index (χ0n) is 21.5. The number of amides is 2. The lowest BCUT2D eigenvalue weighted by Gasteiger charge is -2.31. The summed E-state index contributed by atoms with van der Waals surface area (Å²) < 4.78 is 11.4. The standard InChI is InChI=1S/C28H40N2O4/c1-7-33-24-16-14-23(20-25(24)34-8-2)15-17-26(31)30(19-18-22-12-10-9-11-13-22)21(3)27(32)29-28(4,5)6/h9-14,16,20-21H,7-8,15,17-19H2,1-6H3,(H,29,32)/t21-/m1/s1. The molecular weight excluding hydrogens is 428 g/mol. The van der Waals surface area contributed by atoms with Crippen LogP contribution in [0.1, 0.15) is 59.1 Å². The molecule has 2 rings (SSSR count). The molecule has 2 aromatic rings. The highest BCUT2D eigenvalue weighted by Gasteiger charge is 2.27. The molecule has 1 atom stereocenters. The molecule has 2 amide bonds. The Bertz CT molecular complexity index is 922. The van der Waals surface area contributed by atoms with Crippen LogP contribution in [0.4, 0.5) is 0 Å². The predicted molar refractivity (Wildman–Crippen MR) is 136 cm³/mol. The van der Waals surface area contributed by atoms with Crippen molar-refractivity contribution in [1.29, 1.82) is 0 Å². The van der Waals surface area contributed by atoms with Crippen LogP contribution in [-0.2, 0) is 22.4 Å². The van der Waals surface area contributed by atoms with Gasteiger partial charge < -0.3 is 19.7 Å². The second kappa shape index (κ2) is 13.0. The summed E-state index contributed by atoms with van der Waals surface area (Å²) in [5.41, 5.74) is 1.77. The monoisotopic (exact) mass is 468 g/mol. The molecule has 0 fully saturated rings. The normalized spacial score (nSPS) is 12.1. The van der Waals surface area contributed by atoms with E-state index in [1.165, 1.54) is 0 Å². The molecule has 0 aliphatic rings. The molecule has 0 heterocycles. The van der Waals surface area contributed by atoms with Gasteiger partial charge >= 0.3 is 0 Å². The molecule has 186 valence electrons. The fraction of sp³-hybridized carbons (Fsp3) is 0.500. The van der Waals surface area contributed by atoms with Crippen molar-refractivity contribution in [3.05, 3.63) is 59.7 Å². The Labute approximate surface area is 204 Å². The lowest BCUT2D eigenvalue weighted by atomic mass is 10.1. The minimum Gasteiger partial charge on any atom is -0.490 e. The van der Waals surface area contributed by atoms with Crippen molar-refractivity contribution in [3.63, 3.8) is 0 Å². The van der Waals surface area contributed by atoms with Gasteiger partial charge in [0.1, 0.15) is 6.04 Å². The zero-order chi connectivity index (χ0) is 25.1. The summed E-state index contributed by atoms with van der Waals surface area (Å²) in [5, 5.41) is 3.00. The van der Waals surface area contributed by atoms with Crippen molar-refractivity contribution in [1.82, 2.24) is 10.2 Å². The smallest absolute Gasteiger partial charge is 0.242 e. The zero-order valence-corrected chi connectivity index (χ0v) is 21.5. The van der Waals surface area contributed by atoms with E-state index in [1.54, 1.807) is 11.8 Å². The molecule has 0 saturated carbocycles. The summed E-state index contributed by atoms with van der Waals surface area (Å²) in [5.74, 6) is 1.21. The molecule has 0 aromatic heterocycles. The second-order valence-corrected chi connectivity index (χ2v) is 9.39. The highest BCUT2D eigenvalue weighted by Crippen LogP contribution is 2.29. The van der Waals surface area contributed by atoms with E-state index in [2.05, 4.69) is 5.32 Å². The summed E-state index contributed by atoms with van der Waals surface area (Å²) in [6.07, 6.45) is 1.56. The van der Waals surface area contributed by atoms with Gasteiger partial charge in [0.05, 0.1) is 13.2 Å². The largest absolute Gasteiger partial charge is 0.490 e. The van der Waals surface area contributed by atoms with Crippen LogP contribution in [0.25, 0.3) is 0 Å². The Balaban J connectivity index is 2.13. The first-order valence-corrected chi connectivity index (χ1v) is 12.2. The third-order valence-corrected chi connectivity index (χ3v) is 5.39. The number of hydrogen-bond acceptors (Lipinski definition) is 4.